The molecule has 0 radical (unpaired) electrons. The second kappa shape index (κ2) is 6.43. The third kappa shape index (κ3) is 2.42. The quantitative estimate of drug-likeness (QED) is 0.806. The number of carboxylic acids is 1. The van der Waals surface area contributed by atoms with Crippen LogP contribution >= 0.6 is 0 Å². The molecule has 2 N–H and O–H groups in total. The first kappa shape index (κ1) is 17.4. The second-order valence-electron chi connectivity index (χ2n) is 8.25. The summed E-state index contributed by atoms with van der Waals surface area (Å²) in [5.41, 5.74) is 3.72. The van der Waals surface area contributed by atoms with Crippen molar-refractivity contribution in [3.05, 3.63) is 53.1 Å². The molecule has 2 aromatic carbocycles. The first-order valence-electron chi connectivity index (χ1n) is 9.97. The molecule has 2 fully saturated rings. The molecular formula is C23H25NO4. The zero-order valence-electron chi connectivity index (χ0n) is 16.1. The van der Waals surface area contributed by atoms with E-state index in [-0.39, 0.29) is 6.04 Å². The van der Waals surface area contributed by atoms with Crippen molar-refractivity contribution in [3.63, 3.8) is 0 Å². The molecule has 0 saturated heterocycles. The average Bonchev–Trinajstić information content (AvgIpc) is 3.34. The van der Waals surface area contributed by atoms with Crippen molar-refractivity contribution in [2.75, 3.05) is 19.5 Å². The van der Waals surface area contributed by atoms with Gasteiger partial charge in [0.1, 0.15) is 0 Å². The summed E-state index contributed by atoms with van der Waals surface area (Å²) >= 11 is 0. The summed E-state index contributed by atoms with van der Waals surface area (Å²) in [5.74, 6) is 2.80. The standard InChI is InChI=1S/C23H25NO4/c1-27-18-5-3-4-15(22(18)28-2)21-20-13-7-6-12(10-13)19(20)16-11-14(23(25)26)8-9-17(16)24-21/h3-5,8-9,11-13,19-21,24H,6-7,10H2,1-2H3,(H,25,26)/t12-,13+,19+,20-,21-/m0/s1. The van der Waals surface area contributed by atoms with E-state index in [1.165, 1.54) is 24.8 Å². The van der Waals surface area contributed by atoms with Crippen LogP contribution in [0.5, 0.6) is 11.5 Å². The van der Waals surface area contributed by atoms with Crippen LogP contribution in [0.15, 0.2) is 36.4 Å². The SMILES string of the molecule is COc1cccc([C@@H]2Nc3ccc(C(=O)O)cc3[C@H]3[C@H]4CC[C@H](C4)[C@@H]32)c1OC. The van der Waals surface area contributed by atoms with Crippen LogP contribution in [0.25, 0.3) is 0 Å². The van der Waals surface area contributed by atoms with Crippen LogP contribution in [0.3, 0.4) is 0 Å². The Morgan fingerprint density at radius 1 is 1.07 bits per heavy atom. The van der Waals surface area contributed by atoms with Gasteiger partial charge in [0.15, 0.2) is 11.5 Å². The van der Waals surface area contributed by atoms with Crippen molar-refractivity contribution in [1.29, 1.82) is 0 Å². The predicted molar refractivity (Wildman–Crippen MR) is 106 cm³/mol. The number of fused-ring (bicyclic) bond motifs is 7. The lowest BCUT2D eigenvalue weighted by molar-refractivity contribution is 0.0696. The zero-order chi connectivity index (χ0) is 19.4. The summed E-state index contributed by atoms with van der Waals surface area (Å²) in [4.78, 5) is 11.5. The highest BCUT2D eigenvalue weighted by molar-refractivity contribution is 5.89. The molecule has 2 aromatic rings. The van der Waals surface area contributed by atoms with Crippen molar-refractivity contribution in [2.24, 2.45) is 17.8 Å². The minimum Gasteiger partial charge on any atom is -0.493 e. The van der Waals surface area contributed by atoms with Crippen LogP contribution in [0.4, 0.5) is 5.69 Å². The number of hydrogen-bond acceptors (Lipinski definition) is 4. The Balaban J connectivity index is 1.65. The number of nitrogens with one attached hydrogen (secondary N) is 1. The number of hydrogen-bond donors (Lipinski definition) is 2. The Hall–Kier alpha value is -2.69. The molecule has 2 bridgehead atoms. The van der Waals surface area contributed by atoms with E-state index in [0.29, 0.717) is 29.2 Å². The lowest BCUT2D eigenvalue weighted by Gasteiger charge is -2.44. The van der Waals surface area contributed by atoms with Gasteiger partial charge in [-0.1, -0.05) is 12.1 Å². The number of rotatable bonds is 4. The van der Waals surface area contributed by atoms with E-state index < -0.39 is 5.97 Å². The van der Waals surface area contributed by atoms with Gasteiger partial charge in [0.25, 0.3) is 0 Å². The van der Waals surface area contributed by atoms with Crippen molar-refractivity contribution in [2.45, 2.75) is 31.2 Å². The molecule has 0 unspecified atom stereocenters. The fourth-order valence-electron chi connectivity index (χ4n) is 6.09. The number of carbonyl (C=O) groups is 1. The molecule has 5 rings (SSSR count). The number of ether oxygens (including phenoxy) is 2. The molecule has 28 heavy (non-hydrogen) atoms. The number of methoxy groups -OCH3 is 2. The number of carboxylic acid groups (broad SMARTS) is 1. The number of para-hydroxylation sites is 1. The van der Waals surface area contributed by atoms with Crippen molar-refractivity contribution in [3.8, 4) is 11.5 Å². The van der Waals surface area contributed by atoms with Gasteiger partial charge in [0.05, 0.1) is 25.8 Å². The summed E-state index contributed by atoms with van der Waals surface area (Å²) in [6, 6.07) is 11.7. The molecule has 0 spiro atoms. The van der Waals surface area contributed by atoms with Gasteiger partial charge >= 0.3 is 5.97 Å². The molecule has 3 aliphatic rings. The van der Waals surface area contributed by atoms with E-state index in [9.17, 15) is 9.90 Å². The van der Waals surface area contributed by atoms with Crippen LogP contribution in [0.2, 0.25) is 0 Å². The summed E-state index contributed by atoms with van der Waals surface area (Å²) in [7, 11) is 3.36. The molecule has 2 aliphatic carbocycles. The summed E-state index contributed by atoms with van der Waals surface area (Å²) < 4.78 is 11.3. The van der Waals surface area contributed by atoms with Crippen molar-refractivity contribution in [1.82, 2.24) is 0 Å². The molecule has 5 nitrogen and oxygen atoms in total. The fourth-order valence-corrected chi connectivity index (χ4v) is 6.09. The Bertz CT molecular complexity index is 940. The molecule has 1 heterocycles. The lowest BCUT2D eigenvalue weighted by Crippen LogP contribution is -2.35. The monoisotopic (exact) mass is 379 g/mol. The van der Waals surface area contributed by atoms with E-state index in [0.717, 1.165) is 22.7 Å². The third-order valence-electron chi connectivity index (χ3n) is 7.10. The topological polar surface area (TPSA) is 67.8 Å². The van der Waals surface area contributed by atoms with Gasteiger partial charge in [-0.25, -0.2) is 4.79 Å². The fraction of sp³-hybridized carbons (Fsp3) is 0.435. The molecule has 0 amide bonds. The molecular weight excluding hydrogens is 354 g/mol. The Morgan fingerprint density at radius 3 is 2.64 bits per heavy atom. The van der Waals surface area contributed by atoms with Gasteiger partial charge in [0.2, 0.25) is 0 Å². The molecule has 2 saturated carbocycles. The van der Waals surface area contributed by atoms with Crippen molar-refractivity contribution >= 4 is 11.7 Å². The minimum absolute atomic E-state index is 0.133. The molecule has 0 aromatic heterocycles. The number of aromatic carboxylic acids is 1. The minimum atomic E-state index is -0.862. The van der Waals surface area contributed by atoms with Crippen molar-refractivity contribution < 1.29 is 19.4 Å². The third-order valence-corrected chi connectivity index (χ3v) is 7.10. The van der Waals surface area contributed by atoms with Gasteiger partial charge in [-0.05, 0) is 72.8 Å². The normalized spacial score (nSPS) is 29.6. The maximum absolute atomic E-state index is 11.5. The van der Waals surface area contributed by atoms with Gasteiger partial charge in [0, 0.05) is 11.3 Å². The van der Waals surface area contributed by atoms with E-state index in [1.807, 2.05) is 24.3 Å². The maximum Gasteiger partial charge on any atom is 0.335 e. The lowest BCUT2D eigenvalue weighted by atomic mass is 9.67. The van der Waals surface area contributed by atoms with Crippen LogP contribution < -0.4 is 14.8 Å². The zero-order valence-corrected chi connectivity index (χ0v) is 16.1. The molecule has 5 heteroatoms. The Labute approximate surface area is 164 Å². The molecule has 5 atom stereocenters. The van der Waals surface area contributed by atoms with Gasteiger partial charge in [-0.2, -0.15) is 0 Å². The highest BCUT2D eigenvalue weighted by Crippen LogP contribution is 2.64. The highest BCUT2D eigenvalue weighted by atomic mass is 16.5. The van der Waals surface area contributed by atoms with Crippen LogP contribution in [-0.2, 0) is 0 Å². The first-order valence-corrected chi connectivity index (χ1v) is 9.97. The van der Waals surface area contributed by atoms with E-state index in [1.54, 1.807) is 20.3 Å². The first-order chi connectivity index (χ1) is 13.6. The van der Waals surface area contributed by atoms with Crippen LogP contribution in [-0.4, -0.2) is 25.3 Å². The summed E-state index contributed by atoms with van der Waals surface area (Å²) in [5, 5.41) is 13.2. The average molecular weight is 379 g/mol. The Kier molecular flexibility index (Phi) is 4.00. The van der Waals surface area contributed by atoms with Gasteiger partial charge in [-0.3, -0.25) is 0 Å². The Morgan fingerprint density at radius 2 is 1.89 bits per heavy atom. The maximum atomic E-state index is 11.5. The van der Waals surface area contributed by atoms with E-state index >= 15 is 0 Å². The van der Waals surface area contributed by atoms with E-state index in [4.69, 9.17) is 9.47 Å². The second-order valence-corrected chi connectivity index (χ2v) is 8.25. The largest absolute Gasteiger partial charge is 0.493 e. The predicted octanol–water partition coefficient (Wildman–Crippen LogP) is 4.70. The van der Waals surface area contributed by atoms with Crippen LogP contribution in [0, 0.1) is 17.8 Å². The van der Waals surface area contributed by atoms with E-state index in [2.05, 4.69) is 11.4 Å². The number of benzene rings is 2. The summed E-state index contributed by atoms with van der Waals surface area (Å²) in [6.07, 6.45) is 3.73. The molecule has 1 aliphatic heterocycles. The molecule has 146 valence electrons. The summed E-state index contributed by atoms with van der Waals surface area (Å²) in [6.45, 7) is 0. The number of anilines is 1. The van der Waals surface area contributed by atoms with Gasteiger partial charge in [-0.15, -0.1) is 0 Å². The van der Waals surface area contributed by atoms with Crippen LogP contribution in [0.1, 0.15) is 52.7 Å². The smallest absolute Gasteiger partial charge is 0.335 e. The van der Waals surface area contributed by atoms with Gasteiger partial charge < -0.3 is 19.9 Å². The highest BCUT2D eigenvalue weighted by Gasteiger charge is 2.54.